The van der Waals surface area contributed by atoms with E-state index in [1.54, 1.807) is 6.07 Å². The maximum absolute atomic E-state index is 9.93. The summed E-state index contributed by atoms with van der Waals surface area (Å²) in [6.45, 7) is 8.07. The molecule has 0 fully saturated rings. The van der Waals surface area contributed by atoms with Crippen LogP contribution in [0.5, 0.6) is 5.75 Å². The van der Waals surface area contributed by atoms with Gasteiger partial charge in [0.05, 0.1) is 5.69 Å². The minimum Gasteiger partial charge on any atom is -0.508 e. The smallest absolute Gasteiger partial charge is 0.120 e. The van der Waals surface area contributed by atoms with Gasteiger partial charge in [-0.2, -0.15) is 5.10 Å². The van der Waals surface area contributed by atoms with Crippen molar-refractivity contribution in [1.29, 1.82) is 0 Å². The maximum Gasteiger partial charge on any atom is 0.120 e. The minimum absolute atomic E-state index is 0.201. The van der Waals surface area contributed by atoms with Gasteiger partial charge in [0, 0.05) is 23.8 Å². The highest BCUT2D eigenvalue weighted by atomic mass is 16.3. The molecule has 1 unspecified atom stereocenters. The fraction of sp³-hybridized carbons (Fsp3) is 0.471. The zero-order valence-electron chi connectivity index (χ0n) is 13.1. The zero-order chi connectivity index (χ0) is 15.2. The summed E-state index contributed by atoms with van der Waals surface area (Å²) in [5, 5.41) is 17.9. The van der Waals surface area contributed by atoms with E-state index in [0.717, 1.165) is 37.2 Å². The van der Waals surface area contributed by atoms with E-state index in [4.69, 9.17) is 0 Å². The number of aryl methyl sites for hydroxylation is 3. The number of benzene rings is 1. The molecule has 0 radical (unpaired) electrons. The number of hydrogen-bond acceptors (Lipinski definition) is 3. The van der Waals surface area contributed by atoms with Crippen LogP contribution in [0, 0.1) is 13.8 Å². The van der Waals surface area contributed by atoms with Gasteiger partial charge in [0.25, 0.3) is 0 Å². The molecule has 0 aliphatic carbocycles. The minimum atomic E-state index is 0.201. The van der Waals surface area contributed by atoms with Crippen molar-refractivity contribution in [3.05, 3.63) is 47.3 Å². The first kappa shape index (κ1) is 15.6. The Morgan fingerprint density at radius 2 is 2.05 bits per heavy atom. The highest BCUT2D eigenvalue weighted by Gasteiger charge is 2.12. The third-order valence-electron chi connectivity index (χ3n) is 3.76. The van der Waals surface area contributed by atoms with E-state index in [0.29, 0.717) is 5.75 Å². The zero-order valence-corrected chi connectivity index (χ0v) is 13.1. The fourth-order valence-corrected chi connectivity index (χ4v) is 2.66. The van der Waals surface area contributed by atoms with E-state index < -0.39 is 0 Å². The predicted molar refractivity (Wildman–Crippen MR) is 85.5 cm³/mol. The van der Waals surface area contributed by atoms with Crippen LogP contribution >= 0.6 is 0 Å². The Hall–Kier alpha value is -1.81. The average Bonchev–Trinajstić information content (AvgIpc) is 2.78. The van der Waals surface area contributed by atoms with Crippen molar-refractivity contribution >= 4 is 0 Å². The van der Waals surface area contributed by atoms with Crippen LogP contribution < -0.4 is 5.32 Å². The van der Waals surface area contributed by atoms with Gasteiger partial charge in [0.15, 0.2) is 0 Å². The normalized spacial score (nSPS) is 12.5. The molecule has 21 heavy (non-hydrogen) atoms. The SMILES string of the molecule is CCC(NCCCn1nc(C)cc1C)c1ccccc1O. The summed E-state index contributed by atoms with van der Waals surface area (Å²) >= 11 is 0. The lowest BCUT2D eigenvalue weighted by Gasteiger charge is -2.18. The topological polar surface area (TPSA) is 50.1 Å². The fourth-order valence-electron chi connectivity index (χ4n) is 2.66. The van der Waals surface area contributed by atoms with Crippen molar-refractivity contribution < 1.29 is 5.11 Å². The van der Waals surface area contributed by atoms with Gasteiger partial charge < -0.3 is 10.4 Å². The summed E-state index contributed by atoms with van der Waals surface area (Å²) in [6.07, 6.45) is 1.98. The highest BCUT2D eigenvalue weighted by Crippen LogP contribution is 2.25. The van der Waals surface area contributed by atoms with Crippen LogP contribution in [-0.4, -0.2) is 21.4 Å². The van der Waals surface area contributed by atoms with Crippen LogP contribution in [-0.2, 0) is 6.54 Å². The van der Waals surface area contributed by atoms with Crippen LogP contribution in [0.1, 0.15) is 42.8 Å². The number of aromatic nitrogens is 2. The standard InChI is InChI=1S/C17H25N3O/c1-4-16(15-8-5-6-9-17(15)21)18-10-7-11-20-14(3)12-13(2)19-20/h5-6,8-9,12,16,18,21H,4,7,10-11H2,1-3H3. The van der Waals surface area contributed by atoms with E-state index in [9.17, 15) is 5.11 Å². The van der Waals surface area contributed by atoms with E-state index in [1.807, 2.05) is 25.1 Å². The first-order valence-corrected chi connectivity index (χ1v) is 7.64. The molecule has 0 aliphatic rings. The lowest BCUT2D eigenvalue weighted by Crippen LogP contribution is -2.23. The second-order valence-corrected chi connectivity index (χ2v) is 5.48. The molecule has 114 valence electrons. The Labute approximate surface area is 126 Å². The number of rotatable bonds is 7. The Balaban J connectivity index is 1.84. The molecule has 2 rings (SSSR count). The lowest BCUT2D eigenvalue weighted by atomic mass is 10.0. The molecule has 0 spiro atoms. The van der Waals surface area contributed by atoms with Gasteiger partial charge in [-0.15, -0.1) is 0 Å². The Bertz CT molecular complexity index is 577. The monoisotopic (exact) mass is 287 g/mol. The number of nitrogens with one attached hydrogen (secondary N) is 1. The van der Waals surface area contributed by atoms with Gasteiger partial charge in [-0.25, -0.2) is 0 Å². The Morgan fingerprint density at radius 1 is 1.29 bits per heavy atom. The lowest BCUT2D eigenvalue weighted by molar-refractivity contribution is 0.433. The van der Waals surface area contributed by atoms with Crippen LogP contribution in [0.2, 0.25) is 0 Å². The van der Waals surface area contributed by atoms with E-state index in [2.05, 4.69) is 35.0 Å². The summed E-state index contributed by atoms with van der Waals surface area (Å²) in [5.74, 6) is 0.371. The van der Waals surface area contributed by atoms with Crippen LogP contribution in [0.25, 0.3) is 0 Å². The summed E-state index contributed by atoms with van der Waals surface area (Å²) in [6, 6.07) is 9.85. The first-order valence-electron chi connectivity index (χ1n) is 7.64. The van der Waals surface area contributed by atoms with Crippen LogP contribution in [0.15, 0.2) is 30.3 Å². The van der Waals surface area contributed by atoms with Crippen molar-refractivity contribution in [3.8, 4) is 5.75 Å². The van der Waals surface area contributed by atoms with Gasteiger partial charge in [0.2, 0.25) is 0 Å². The number of aromatic hydroxyl groups is 1. The summed E-state index contributed by atoms with van der Waals surface area (Å²) < 4.78 is 2.05. The van der Waals surface area contributed by atoms with E-state index >= 15 is 0 Å². The molecule has 1 atom stereocenters. The van der Waals surface area contributed by atoms with E-state index in [-0.39, 0.29) is 6.04 Å². The summed E-state index contributed by atoms with van der Waals surface area (Å²) in [7, 11) is 0. The third-order valence-corrected chi connectivity index (χ3v) is 3.76. The molecule has 4 heteroatoms. The van der Waals surface area contributed by atoms with Crippen molar-refractivity contribution in [1.82, 2.24) is 15.1 Å². The molecule has 2 N–H and O–H groups in total. The van der Waals surface area contributed by atoms with Gasteiger partial charge >= 0.3 is 0 Å². The molecule has 0 bridgehead atoms. The van der Waals surface area contributed by atoms with Crippen LogP contribution in [0.4, 0.5) is 0 Å². The van der Waals surface area contributed by atoms with Gasteiger partial charge in [-0.05, 0) is 45.4 Å². The second-order valence-electron chi connectivity index (χ2n) is 5.48. The number of para-hydroxylation sites is 1. The summed E-state index contributed by atoms with van der Waals surface area (Å²) in [5.41, 5.74) is 3.26. The molecule has 0 amide bonds. The highest BCUT2D eigenvalue weighted by molar-refractivity contribution is 5.34. The molecule has 1 heterocycles. The molecule has 0 saturated heterocycles. The molecular weight excluding hydrogens is 262 g/mol. The van der Waals surface area contributed by atoms with Crippen molar-refractivity contribution in [3.63, 3.8) is 0 Å². The van der Waals surface area contributed by atoms with Gasteiger partial charge in [-0.1, -0.05) is 25.1 Å². The summed E-state index contributed by atoms with van der Waals surface area (Å²) in [4.78, 5) is 0. The largest absolute Gasteiger partial charge is 0.508 e. The van der Waals surface area contributed by atoms with E-state index in [1.165, 1.54) is 5.69 Å². The maximum atomic E-state index is 9.93. The number of nitrogens with zero attached hydrogens (tertiary/aromatic N) is 2. The number of hydrogen-bond donors (Lipinski definition) is 2. The first-order chi connectivity index (χ1) is 10.1. The molecule has 0 saturated carbocycles. The molecule has 1 aromatic heterocycles. The van der Waals surface area contributed by atoms with Crippen LogP contribution in [0.3, 0.4) is 0 Å². The van der Waals surface area contributed by atoms with Gasteiger partial charge in [-0.3, -0.25) is 4.68 Å². The molecule has 0 aliphatic heterocycles. The average molecular weight is 287 g/mol. The predicted octanol–water partition coefficient (Wildman–Crippen LogP) is 3.34. The Kier molecular flexibility index (Phi) is 5.39. The van der Waals surface area contributed by atoms with Crippen molar-refractivity contribution in [2.24, 2.45) is 0 Å². The number of phenolic OH excluding ortho intramolecular Hbond substituents is 1. The molecule has 1 aromatic carbocycles. The van der Waals surface area contributed by atoms with Crippen molar-refractivity contribution in [2.75, 3.05) is 6.54 Å². The molecule has 4 nitrogen and oxygen atoms in total. The molecule has 2 aromatic rings. The van der Waals surface area contributed by atoms with Gasteiger partial charge in [0.1, 0.15) is 5.75 Å². The quantitative estimate of drug-likeness (QED) is 0.768. The van der Waals surface area contributed by atoms with Crippen molar-refractivity contribution in [2.45, 2.75) is 46.2 Å². The second kappa shape index (κ2) is 7.27. The number of phenols is 1. The Morgan fingerprint density at radius 3 is 2.67 bits per heavy atom. The third kappa shape index (κ3) is 4.08. The molecular formula is C17H25N3O.